The van der Waals surface area contributed by atoms with Crippen molar-refractivity contribution in [2.75, 3.05) is 13.7 Å². The third-order valence-corrected chi connectivity index (χ3v) is 8.15. The molecule has 36 heavy (non-hydrogen) atoms. The number of hydrogen-bond donors (Lipinski definition) is 0. The first-order valence-corrected chi connectivity index (χ1v) is 13.7. The zero-order chi connectivity index (χ0) is 26.4. The first-order chi connectivity index (χ1) is 17.1. The largest absolute Gasteiger partial charge is 0.381 e. The maximum atomic E-state index is 12.8. The third kappa shape index (κ3) is 7.06. The zero-order valence-electron chi connectivity index (χ0n) is 23.7. The molecule has 0 aromatic heterocycles. The van der Waals surface area contributed by atoms with Gasteiger partial charge in [-0.3, -0.25) is 9.79 Å². The van der Waals surface area contributed by atoms with Crippen LogP contribution in [-0.2, 0) is 9.53 Å². The fourth-order valence-corrected chi connectivity index (χ4v) is 5.17. The first kappa shape index (κ1) is 28.1. The van der Waals surface area contributed by atoms with E-state index in [1.807, 2.05) is 11.8 Å². The highest BCUT2D eigenvalue weighted by atomic mass is 16.5. The van der Waals surface area contributed by atoms with Crippen LogP contribution in [0.15, 0.2) is 41.4 Å². The van der Waals surface area contributed by atoms with Gasteiger partial charge in [-0.1, -0.05) is 44.2 Å². The third-order valence-electron chi connectivity index (χ3n) is 8.15. The summed E-state index contributed by atoms with van der Waals surface area (Å²) in [7, 11) is 1.66. The number of carbonyl (C=O) groups excluding carboxylic acids is 1. The van der Waals surface area contributed by atoms with Crippen LogP contribution in [0.5, 0.6) is 0 Å². The molecule has 4 atom stereocenters. The van der Waals surface area contributed by atoms with Gasteiger partial charge in [-0.25, -0.2) is 0 Å². The number of aliphatic imine (C=N–C) groups is 1. The minimum atomic E-state index is -0.0610. The van der Waals surface area contributed by atoms with Crippen molar-refractivity contribution in [1.82, 2.24) is 4.90 Å². The minimum absolute atomic E-state index is 0.0610. The number of carbonyl (C=O) groups is 1. The molecule has 1 aliphatic heterocycles. The van der Waals surface area contributed by atoms with Crippen molar-refractivity contribution in [2.45, 2.75) is 105 Å². The van der Waals surface area contributed by atoms with E-state index in [-0.39, 0.29) is 18.1 Å². The molecule has 0 N–H and O–H groups in total. The van der Waals surface area contributed by atoms with Crippen LogP contribution in [0.2, 0.25) is 0 Å². The van der Waals surface area contributed by atoms with Crippen molar-refractivity contribution in [3.05, 3.63) is 64.2 Å². The summed E-state index contributed by atoms with van der Waals surface area (Å²) < 4.78 is 5.31. The van der Waals surface area contributed by atoms with E-state index < -0.39 is 0 Å². The Balaban J connectivity index is 1.69. The van der Waals surface area contributed by atoms with E-state index in [2.05, 4.69) is 77.9 Å². The Morgan fingerprint density at radius 3 is 2.19 bits per heavy atom. The van der Waals surface area contributed by atoms with Crippen molar-refractivity contribution in [3.63, 3.8) is 0 Å². The highest BCUT2D eigenvalue weighted by Crippen LogP contribution is 2.32. The van der Waals surface area contributed by atoms with Gasteiger partial charge in [0.05, 0.1) is 24.3 Å². The Kier molecular flexibility index (Phi) is 9.90. The van der Waals surface area contributed by atoms with Gasteiger partial charge < -0.3 is 9.64 Å². The molecular weight excluding hydrogens is 444 g/mol. The molecule has 4 heteroatoms. The number of nitrogens with zero attached hydrogens (tertiary/aromatic N) is 2. The van der Waals surface area contributed by atoms with Gasteiger partial charge >= 0.3 is 0 Å². The van der Waals surface area contributed by atoms with E-state index in [1.165, 1.54) is 27.8 Å². The van der Waals surface area contributed by atoms with Gasteiger partial charge in [0.15, 0.2) is 0 Å². The lowest BCUT2D eigenvalue weighted by Gasteiger charge is -2.26. The quantitative estimate of drug-likeness (QED) is 0.319. The number of aryl methyl sites for hydroxylation is 3. The number of hydrogen-bond acceptors (Lipinski definition) is 3. The van der Waals surface area contributed by atoms with Crippen LogP contribution in [0, 0.1) is 20.8 Å². The lowest BCUT2D eigenvalue weighted by molar-refractivity contribution is -0.133. The molecule has 0 saturated carbocycles. The standard InChI is InChI=1S/C32H46N2O2/c1-21-13-15-28(18-25(21)5)22(2)11-12-23(3)29-16-14-24(4)30(20-29)33-27(7)31-10-9-17-34(31)32(35)19-26(6)36-8/h13-16,18,20,22-23,26,31H,9-12,17,19H2,1-8H3/b33-27+/t22-,23?,26+,31-/m0/s1. The summed E-state index contributed by atoms with van der Waals surface area (Å²) >= 11 is 0. The second kappa shape index (κ2) is 12.7. The Bertz CT molecular complexity index is 1070. The second-order valence-corrected chi connectivity index (χ2v) is 11.0. The first-order valence-electron chi connectivity index (χ1n) is 13.7. The molecule has 2 aromatic rings. The highest BCUT2D eigenvalue weighted by Gasteiger charge is 2.31. The topological polar surface area (TPSA) is 41.9 Å². The van der Waals surface area contributed by atoms with E-state index in [1.54, 1.807) is 7.11 Å². The van der Waals surface area contributed by atoms with Gasteiger partial charge in [-0.2, -0.15) is 0 Å². The van der Waals surface area contributed by atoms with Crippen LogP contribution >= 0.6 is 0 Å². The summed E-state index contributed by atoms with van der Waals surface area (Å²) in [6.45, 7) is 16.0. The van der Waals surface area contributed by atoms with Gasteiger partial charge in [0.25, 0.3) is 0 Å². The van der Waals surface area contributed by atoms with E-state index in [0.717, 1.165) is 43.6 Å². The SMILES string of the molecule is CO[C@H](C)CC(=O)N1CCC[C@H]1/C(C)=N/c1cc(C(C)CC[C@H](C)c2ccc(C)c(C)c2)ccc1C. The summed E-state index contributed by atoms with van der Waals surface area (Å²) in [5.74, 6) is 1.18. The Hall–Kier alpha value is -2.46. The average molecular weight is 491 g/mol. The van der Waals surface area contributed by atoms with Crippen LogP contribution in [0.4, 0.5) is 5.69 Å². The summed E-state index contributed by atoms with van der Waals surface area (Å²) in [4.78, 5) is 19.9. The molecule has 4 nitrogen and oxygen atoms in total. The molecule has 0 spiro atoms. The van der Waals surface area contributed by atoms with E-state index in [4.69, 9.17) is 9.73 Å². The molecule has 1 amide bonds. The summed E-state index contributed by atoms with van der Waals surface area (Å²) in [6, 6.07) is 13.7. The molecule has 196 valence electrons. The number of methoxy groups -OCH3 is 1. The minimum Gasteiger partial charge on any atom is -0.381 e. The van der Waals surface area contributed by atoms with Gasteiger partial charge in [0, 0.05) is 19.4 Å². The second-order valence-electron chi connectivity index (χ2n) is 11.0. The van der Waals surface area contributed by atoms with Crippen LogP contribution in [0.3, 0.4) is 0 Å². The lowest BCUT2D eigenvalue weighted by atomic mass is 9.88. The molecule has 0 radical (unpaired) electrons. The number of amides is 1. The molecule has 1 unspecified atom stereocenters. The van der Waals surface area contributed by atoms with Crippen LogP contribution < -0.4 is 0 Å². The lowest BCUT2D eigenvalue weighted by Crippen LogP contribution is -2.40. The Morgan fingerprint density at radius 2 is 1.58 bits per heavy atom. The van der Waals surface area contributed by atoms with Gasteiger partial charge in [-0.15, -0.1) is 0 Å². The number of benzene rings is 2. The van der Waals surface area contributed by atoms with Gasteiger partial charge in [0.2, 0.25) is 5.91 Å². The molecule has 3 rings (SSSR count). The highest BCUT2D eigenvalue weighted by molar-refractivity contribution is 5.93. The Morgan fingerprint density at radius 1 is 0.972 bits per heavy atom. The summed E-state index contributed by atoms with van der Waals surface area (Å²) in [6.07, 6.45) is 4.67. The van der Waals surface area contributed by atoms with Crippen LogP contribution in [0.25, 0.3) is 0 Å². The zero-order valence-corrected chi connectivity index (χ0v) is 23.7. The number of rotatable bonds is 10. The van der Waals surface area contributed by atoms with E-state index >= 15 is 0 Å². The number of ether oxygens (including phenoxy) is 1. The van der Waals surface area contributed by atoms with Crippen molar-refractivity contribution in [1.29, 1.82) is 0 Å². The number of likely N-dealkylation sites (tertiary alicyclic amines) is 1. The van der Waals surface area contributed by atoms with Crippen LogP contribution in [-0.4, -0.2) is 42.3 Å². The van der Waals surface area contributed by atoms with E-state index in [9.17, 15) is 4.79 Å². The predicted octanol–water partition coefficient (Wildman–Crippen LogP) is 7.81. The molecule has 0 aliphatic carbocycles. The van der Waals surface area contributed by atoms with Crippen molar-refractivity contribution >= 4 is 17.3 Å². The molecule has 1 aliphatic rings. The summed E-state index contributed by atoms with van der Waals surface area (Å²) in [5.41, 5.74) is 8.75. The van der Waals surface area contributed by atoms with Gasteiger partial charge in [0.1, 0.15) is 0 Å². The Labute approximate surface area is 219 Å². The molecule has 1 heterocycles. The normalized spacial score (nSPS) is 18.8. The average Bonchev–Trinajstić information content (AvgIpc) is 3.35. The smallest absolute Gasteiger partial charge is 0.225 e. The van der Waals surface area contributed by atoms with E-state index in [0.29, 0.717) is 18.3 Å². The molecule has 1 saturated heterocycles. The maximum absolute atomic E-state index is 12.8. The van der Waals surface area contributed by atoms with Crippen molar-refractivity contribution < 1.29 is 9.53 Å². The van der Waals surface area contributed by atoms with Gasteiger partial charge in [-0.05, 0) is 106 Å². The molecule has 0 bridgehead atoms. The predicted molar refractivity (Wildman–Crippen MR) is 152 cm³/mol. The maximum Gasteiger partial charge on any atom is 0.225 e. The fraction of sp³-hybridized carbons (Fsp3) is 0.562. The fourth-order valence-electron chi connectivity index (χ4n) is 5.17. The molecule has 2 aromatic carbocycles. The van der Waals surface area contributed by atoms with Crippen molar-refractivity contribution in [2.24, 2.45) is 4.99 Å². The molecular formula is C32H46N2O2. The molecule has 1 fully saturated rings. The van der Waals surface area contributed by atoms with Crippen LogP contribution in [0.1, 0.15) is 99.5 Å². The summed E-state index contributed by atoms with van der Waals surface area (Å²) in [5, 5.41) is 0. The van der Waals surface area contributed by atoms with Crippen molar-refractivity contribution in [3.8, 4) is 0 Å². The monoisotopic (exact) mass is 490 g/mol.